The van der Waals surface area contributed by atoms with E-state index in [2.05, 4.69) is 21.2 Å². The highest BCUT2D eigenvalue weighted by Crippen LogP contribution is 2.38. The van der Waals surface area contributed by atoms with Gasteiger partial charge in [0.25, 0.3) is 0 Å². The molecule has 1 N–H and O–H groups in total. The first kappa shape index (κ1) is 20.1. The van der Waals surface area contributed by atoms with Gasteiger partial charge in [-0.25, -0.2) is 0 Å². The minimum Gasteiger partial charge on any atom is -0.367 e. The number of hydrogen-bond acceptors (Lipinski definition) is 3. The zero-order valence-electron chi connectivity index (χ0n) is 12.5. The van der Waals surface area contributed by atoms with Gasteiger partial charge >= 0.3 is 6.18 Å². The van der Waals surface area contributed by atoms with Gasteiger partial charge in [-0.05, 0) is 25.2 Å². The fraction of sp³-hybridized carbons (Fsp3) is 0.500. The van der Waals surface area contributed by atoms with E-state index in [0.29, 0.717) is 30.7 Å². The van der Waals surface area contributed by atoms with Crippen molar-refractivity contribution in [3.05, 3.63) is 28.2 Å². The first-order valence-electron chi connectivity index (χ1n) is 6.87. The van der Waals surface area contributed by atoms with E-state index >= 15 is 0 Å². The molecular weight excluding hydrogens is 399 g/mol. The number of piperazine rings is 1. The van der Waals surface area contributed by atoms with Crippen molar-refractivity contribution in [1.29, 1.82) is 0 Å². The molecule has 0 atom stereocenters. The summed E-state index contributed by atoms with van der Waals surface area (Å²) >= 11 is 3.08. The van der Waals surface area contributed by atoms with E-state index in [-0.39, 0.29) is 30.5 Å². The molecule has 1 aliphatic rings. The third kappa shape index (κ3) is 4.99. The summed E-state index contributed by atoms with van der Waals surface area (Å²) in [6.45, 7) is 1.87. The molecule has 0 aromatic heterocycles. The third-order valence-electron chi connectivity index (χ3n) is 3.57. The highest BCUT2D eigenvalue weighted by molar-refractivity contribution is 9.10. The minimum absolute atomic E-state index is 0. The van der Waals surface area contributed by atoms with E-state index in [1.807, 2.05) is 0 Å². The van der Waals surface area contributed by atoms with Crippen molar-refractivity contribution in [2.75, 3.05) is 44.7 Å². The molecule has 1 heterocycles. The Morgan fingerprint density at radius 3 is 2.39 bits per heavy atom. The van der Waals surface area contributed by atoms with Gasteiger partial charge in [-0.3, -0.25) is 4.79 Å². The molecule has 1 aromatic carbocycles. The van der Waals surface area contributed by atoms with Crippen LogP contribution in [0.15, 0.2) is 22.7 Å². The van der Waals surface area contributed by atoms with Gasteiger partial charge in [0.2, 0.25) is 5.91 Å². The van der Waals surface area contributed by atoms with Gasteiger partial charge in [0.05, 0.1) is 12.1 Å². The summed E-state index contributed by atoms with van der Waals surface area (Å²) in [6.07, 6.45) is -4.40. The molecule has 23 heavy (non-hydrogen) atoms. The normalized spacial score (nSPS) is 15.3. The van der Waals surface area contributed by atoms with Gasteiger partial charge in [0.1, 0.15) is 0 Å². The van der Waals surface area contributed by atoms with Crippen molar-refractivity contribution in [1.82, 2.24) is 10.2 Å². The van der Waals surface area contributed by atoms with E-state index in [0.717, 1.165) is 6.07 Å². The fourth-order valence-electron chi connectivity index (χ4n) is 2.47. The maximum absolute atomic E-state index is 13.2. The topological polar surface area (TPSA) is 35.6 Å². The summed E-state index contributed by atoms with van der Waals surface area (Å²) in [5.74, 6) is -0.0333. The monoisotopic (exact) mass is 415 g/mol. The number of carbonyl (C=O) groups is 1. The van der Waals surface area contributed by atoms with E-state index in [1.165, 1.54) is 6.07 Å². The second-order valence-electron chi connectivity index (χ2n) is 5.06. The van der Waals surface area contributed by atoms with Crippen LogP contribution < -0.4 is 10.2 Å². The van der Waals surface area contributed by atoms with Crippen molar-refractivity contribution in [2.45, 2.75) is 6.18 Å². The molecule has 0 unspecified atom stereocenters. The highest BCUT2D eigenvalue weighted by atomic mass is 79.9. The molecule has 0 radical (unpaired) electrons. The van der Waals surface area contributed by atoms with E-state index in [4.69, 9.17) is 0 Å². The van der Waals surface area contributed by atoms with Crippen LogP contribution in [0.25, 0.3) is 0 Å². The lowest BCUT2D eigenvalue weighted by molar-refractivity contribution is -0.137. The maximum atomic E-state index is 13.2. The average molecular weight is 417 g/mol. The first-order chi connectivity index (χ1) is 10.3. The number of halogens is 5. The minimum atomic E-state index is -4.40. The van der Waals surface area contributed by atoms with Crippen LogP contribution in [0.5, 0.6) is 0 Å². The quantitative estimate of drug-likeness (QED) is 0.823. The summed E-state index contributed by atoms with van der Waals surface area (Å²) in [4.78, 5) is 15.1. The van der Waals surface area contributed by atoms with Gasteiger partial charge in [-0.15, -0.1) is 12.4 Å². The smallest absolute Gasteiger partial charge is 0.367 e. The van der Waals surface area contributed by atoms with Gasteiger partial charge < -0.3 is 15.1 Å². The van der Waals surface area contributed by atoms with E-state index < -0.39 is 11.7 Å². The number of nitrogens with zero attached hydrogens (tertiary/aromatic N) is 2. The zero-order chi connectivity index (χ0) is 16.3. The number of alkyl halides is 3. The predicted octanol–water partition coefficient (Wildman–Crippen LogP) is 2.76. The molecule has 9 heteroatoms. The molecular formula is C14H18BrClF3N3O. The van der Waals surface area contributed by atoms with Crippen LogP contribution in [-0.4, -0.2) is 50.6 Å². The van der Waals surface area contributed by atoms with Crippen molar-refractivity contribution in [3.8, 4) is 0 Å². The molecule has 1 amide bonds. The molecule has 2 rings (SSSR count). The summed E-state index contributed by atoms with van der Waals surface area (Å²) in [5, 5.41) is 2.78. The summed E-state index contributed by atoms with van der Waals surface area (Å²) in [6, 6.07) is 4.16. The molecule has 1 aromatic rings. The predicted molar refractivity (Wildman–Crippen MR) is 89.1 cm³/mol. The Hall–Kier alpha value is -0.990. The third-order valence-corrected chi connectivity index (χ3v) is 4.06. The molecule has 1 aliphatic heterocycles. The van der Waals surface area contributed by atoms with E-state index in [1.54, 1.807) is 22.9 Å². The number of likely N-dealkylation sites (N-methyl/N-ethyl adjacent to an activating group) is 1. The molecule has 0 saturated carbocycles. The van der Waals surface area contributed by atoms with Crippen LogP contribution in [0.1, 0.15) is 5.56 Å². The molecule has 0 aliphatic carbocycles. The van der Waals surface area contributed by atoms with Crippen LogP contribution >= 0.6 is 28.3 Å². The number of benzene rings is 1. The van der Waals surface area contributed by atoms with Crippen molar-refractivity contribution in [2.24, 2.45) is 0 Å². The summed E-state index contributed by atoms with van der Waals surface area (Å²) < 4.78 is 39.9. The lowest BCUT2D eigenvalue weighted by atomic mass is 10.1. The number of carbonyl (C=O) groups excluding carboxylic acids is 1. The number of rotatable bonds is 3. The van der Waals surface area contributed by atoms with Gasteiger partial charge in [-0.2, -0.15) is 13.2 Å². The molecule has 1 saturated heterocycles. The number of hydrogen-bond donors (Lipinski definition) is 1. The molecule has 4 nitrogen and oxygen atoms in total. The standard InChI is InChI=1S/C14H17BrF3N3O.ClH/c1-19-9-13(22)21-6-4-20(5-7-21)12-3-2-10(15)8-11(12)14(16,17)18;/h2-3,8,19H,4-7,9H2,1H3;1H. The zero-order valence-corrected chi connectivity index (χ0v) is 14.9. The fourth-order valence-corrected chi connectivity index (χ4v) is 2.83. The molecule has 130 valence electrons. The summed E-state index contributed by atoms with van der Waals surface area (Å²) in [7, 11) is 1.69. The van der Waals surface area contributed by atoms with Crippen LogP contribution in [0.3, 0.4) is 0 Å². The Labute approximate surface area is 147 Å². The van der Waals surface area contributed by atoms with Crippen molar-refractivity contribution < 1.29 is 18.0 Å². The first-order valence-corrected chi connectivity index (χ1v) is 7.66. The molecule has 1 fully saturated rings. The van der Waals surface area contributed by atoms with Crippen LogP contribution in [0, 0.1) is 0 Å². The van der Waals surface area contributed by atoms with Gasteiger partial charge in [0, 0.05) is 36.3 Å². The van der Waals surface area contributed by atoms with Crippen molar-refractivity contribution >= 4 is 39.9 Å². The van der Waals surface area contributed by atoms with Gasteiger partial charge in [-0.1, -0.05) is 15.9 Å². The second kappa shape index (κ2) is 8.21. The Kier molecular flexibility index (Phi) is 7.16. The number of amides is 1. The maximum Gasteiger partial charge on any atom is 0.418 e. The lowest BCUT2D eigenvalue weighted by Crippen LogP contribution is -2.51. The van der Waals surface area contributed by atoms with Crippen LogP contribution in [0.4, 0.5) is 18.9 Å². The van der Waals surface area contributed by atoms with Gasteiger partial charge in [0.15, 0.2) is 0 Å². The molecule has 0 spiro atoms. The van der Waals surface area contributed by atoms with Crippen LogP contribution in [0.2, 0.25) is 0 Å². The molecule has 0 bridgehead atoms. The lowest BCUT2D eigenvalue weighted by Gasteiger charge is -2.37. The Morgan fingerprint density at radius 2 is 1.87 bits per heavy atom. The Morgan fingerprint density at radius 1 is 1.26 bits per heavy atom. The second-order valence-corrected chi connectivity index (χ2v) is 5.97. The van der Waals surface area contributed by atoms with Crippen LogP contribution in [-0.2, 0) is 11.0 Å². The largest absolute Gasteiger partial charge is 0.418 e. The summed E-state index contributed by atoms with van der Waals surface area (Å²) in [5.41, 5.74) is -0.492. The highest BCUT2D eigenvalue weighted by Gasteiger charge is 2.35. The number of anilines is 1. The number of nitrogens with one attached hydrogen (secondary N) is 1. The van der Waals surface area contributed by atoms with E-state index in [9.17, 15) is 18.0 Å². The average Bonchev–Trinajstić information content (AvgIpc) is 2.47. The SMILES string of the molecule is CNCC(=O)N1CCN(c2ccc(Br)cc2C(F)(F)F)CC1.Cl. The Balaban J connectivity index is 0.00000264. The van der Waals surface area contributed by atoms with Crippen molar-refractivity contribution in [3.63, 3.8) is 0 Å². The Bertz CT molecular complexity index is 549.